The lowest BCUT2D eigenvalue weighted by molar-refractivity contribution is 0.522. The largest absolute Gasteiger partial charge is 0.379 e. The lowest BCUT2D eigenvalue weighted by Gasteiger charge is -2.11. The van der Waals surface area contributed by atoms with E-state index in [1.807, 2.05) is 18.7 Å². The molecule has 0 saturated carbocycles. The van der Waals surface area contributed by atoms with Crippen LogP contribution >= 0.6 is 0 Å². The highest BCUT2D eigenvalue weighted by Crippen LogP contribution is 2.24. The number of aryl methyl sites for hydroxylation is 4. The molecule has 1 N–H and O–H groups in total. The van der Waals surface area contributed by atoms with Crippen LogP contribution < -0.4 is 5.32 Å². The summed E-state index contributed by atoms with van der Waals surface area (Å²) in [6, 6.07) is 10.6. The van der Waals surface area contributed by atoms with Gasteiger partial charge in [-0.05, 0) is 38.0 Å². The van der Waals surface area contributed by atoms with Crippen molar-refractivity contribution in [2.24, 2.45) is 7.05 Å². The van der Waals surface area contributed by atoms with E-state index in [4.69, 9.17) is 4.98 Å². The molecule has 0 atom stereocenters. The van der Waals surface area contributed by atoms with Crippen LogP contribution in [0.5, 0.6) is 0 Å². The summed E-state index contributed by atoms with van der Waals surface area (Å²) in [6.45, 7) is 3.89. The monoisotopic (exact) mass is 321 g/mol. The molecule has 0 unspecified atom stereocenters. The predicted octanol–water partition coefficient (Wildman–Crippen LogP) is 3.54. The van der Waals surface area contributed by atoms with Gasteiger partial charge in [0.2, 0.25) is 0 Å². The Labute approximate surface area is 142 Å². The number of hydrogen-bond donors (Lipinski definition) is 1. The van der Waals surface area contributed by atoms with E-state index in [1.54, 1.807) is 0 Å². The van der Waals surface area contributed by atoms with Crippen LogP contribution in [0.25, 0.3) is 11.3 Å². The number of anilines is 1. The summed E-state index contributed by atoms with van der Waals surface area (Å²) in [4.78, 5) is 4.79. The summed E-state index contributed by atoms with van der Waals surface area (Å²) >= 11 is 0. The molecule has 4 rings (SSSR count). The highest BCUT2D eigenvalue weighted by atomic mass is 15.3. The topological polar surface area (TPSA) is 47.7 Å². The first-order valence-corrected chi connectivity index (χ1v) is 8.59. The number of rotatable bonds is 4. The fraction of sp³-hybridized carbons (Fsp3) is 0.368. The standard InChI is InChI=1S/C19H23N5/c1-14-11-17(23(2)22-14)12-20-16-8-6-15(7-9-16)18-13-24-10-4-3-5-19(24)21-18/h6-9,11,13,20H,3-5,10,12H2,1-2H3. The molecule has 0 saturated heterocycles. The van der Waals surface area contributed by atoms with E-state index < -0.39 is 0 Å². The van der Waals surface area contributed by atoms with Crippen LogP contribution in [-0.2, 0) is 26.6 Å². The number of fused-ring (bicyclic) bond motifs is 1. The SMILES string of the molecule is Cc1cc(CNc2ccc(-c3cn4c(n3)CCCC4)cc2)n(C)n1. The minimum absolute atomic E-state index is 0.773. The molecule has 1 aromatic carbocycles. The van der Waals surface area contributed by atoms with Crippen LogP contribution in [0.2, 0.25) is 0 Å². The summed E-state index contributed by atoms with van der Waals surface area (Å²) in [6.07, 6.45) is 5.81. The molecule has 5 heteroatoms. The van der Waals surface area contributed by atoms with E-state index in [1.165, 1.54) is 29.9 Å². The fourth-order valence-corrected chi connectivity index (χ4v) is 3.33. The Morgan fingerprint density at radius 1 is 1.17 bits per heavy atom. The van der Waals surface area contributed by atoms with Gasteiger partial charge in [0.05, 0.1) is 23.6 Å². The van der Waals surface area contributed by atoms with Gasteiger partial charge in [-0.1, -0.05) is 12.1 Å². The van der Waals surface area contributed by atoms with Gasteiger partial charge >= 0.3 is 0 Å². The Hall–Kier alpha value is -2.56. The minimum Gasteiger partial charge on any atom is -0.379 e. The third-order valence-electron chi connectivity index (χ3n) is 4.66. The van der Waals surface area contributed by atoms with E-state index in [0.717, 1.165) is 36.6 Å². The first-order valence-electron chi connectivity index (χ1n) is 8.59. The van der Waals surface area contributed by atoms with Gasteiger partial charge in [-0.25, -0.2) is 4.98 Å². The Morgan fingerprint density at radius 3 is 2.71 bits per heavy atom. The third kappa shape index (κ3) is 2.94. The molecular weight excluding hydrogens is 298 g/mol. The smallest absolute Gasteiger partial charge is 0.109 e. The summed E-state index contributed by atoms with van der Waals surface area (Å²) in [5.41, 5.74) is 5.60. The van der Waals surface area contributed by atoms with E-state index in [-0.39, 0.29) is 0 Å². The zero-order chi connectivity index (χ0) is 16.5. The zero-order valence-corrected chi connectivity index (χ0v) is 14.3. The first-order chi connectivity index (χ1) is 11.7. The second-order valence-electron chi connectivity index (χ2n) is 6.52. The second-order valence-corrected chi connectivity index (χ2v) is 6.52. The van der Waals surface area contributed by atoms with Gasteiger partial charge in [-0.2, -0.15) is 5.10 Å². The fourth-order valence-electron chi connectivity index (χ4n) is 3.33. The van der Waals surface area contributed by atoms with Crippen molar-refractivity contribution < 1.29 is 0 Å². The van der Waals surface area contributed by atoms with Gasteiger partial charge in [-0.3, -0.25) is 4.68 Å². The van der Waals surface area contributed by atoms with Gasteiger partial charge in [-0.15, -0.1) is 0 Å². The molecule has 3 heterocycles. The van der Waals surface area contributed by atoms with Crippen LogP contribution in [0.15, 0.2) is 36.5 Å². The van der Waals surface area contributed by atoms with Crippen molar-refractivity contribution in [2.45, 2.75) is 39.3 Å². The summed E-state index contributed by atoms with van der Waals surface area (Å²) in [7, 11) is 1.98. The Balaban J connectivity index is 1.46. The van der Waals surface area contributed by atoms with Gasteiger partial charge < -0.3 is 9.88 Å². The molecule has 0 radical (unpaired) electrons. The normalized spacial score (nSPS) is 13.8. The maximum absolute atomic E-state index is 4.79. The molecule has 124 valence electrons. The number of benzene rings is 1. The van der Waals surface area contributed by atoms with Gasteiger partial charge in [0.1, 0.15) is 5.82 Å². The Bertz CT molecular complexity index is 818. The second kappa shape index (κ2) is 6.15. The molecule has 1 aliphatic heterocycles. The molecule has 0 aliphatic carbocycles. The Morgan fingerprint density at radius 2 is 2.00 bits per heavy atom. The van der Waals surface area contributed by atoms with Crippen LogP contribution in [0.1, 0.15) is 30.1 Å². The van der Waals surface area contributed by atoms with E-state index in [0.29, 0.717) is 0 Å². The van der Waals surface area contributed by atoms with Crippen molar-refractivity contribution >= 4 is 5.69 Å². The van der Waals surface area contributed by atoms with Gasteiger partial charge in [0, 0.05) is 37.5 Å². The summed E-state index contributed by atoms with van der Waals surface area (Å²) in [5.74, 6) is 1.23. The van der Waals surface area contributed by atoms with Gasteiger partial charge in [0.15, 0.2) is 0 Å². The first kappa shape index (κ1) is 15.0. The highest BCUT2D eigenvalue weighted by molar-refractivity contribution is 5.62. The minimum atomic E-state index is 0.773. The quantitative estimate of drug-likeness (QED) is 0.799. The van der Waals surface area contributed by atoms with E-state index in [9.17, 15) is 0 Å². The molecule has 0 fully saturated rings. The molecule has 2 aromatic heterocycles. The lowest BCUT2D eigenvalue weighted by Crippen LogP contribution is -2.08. The molecule has 24 heavy (non-hydrogen) atoms. The summed E-state index contributed by atoms with van der Waals surface area (Å²) in [5, 5.41) is 7.83. The molecule has 0 amide bonds. The maximum atomic E-state index is 4.79. The van der Waals surface area contributed by atoms with Crippen LogP contribution in [0.4, 0.5) is 5.69 Å². The van der Waals surface area contributed by atoms with E-state index >= 15 is 0 Å². The number of imidazole rings is 1. The predicted molar refractivity (Wildman–Crippen MR) is 95.9 cm³/mol. The third-order valence-corrected chi connectivity index (χ3v) is 4.66. The molecule has 1 aliphatic rings. The number of aromatic nitrogens is 4. The van der Waals surface area contributed by atoms with E-state index in [2.05, 4.69) is 51.5 Å². The average molecular weight is 321 g/mol. The molecule has 3 aromatic rings. The van der Waals surface area contributed by atoms with Crippen molar-refractivity contribution in [3.8, 4) is 11.3 Å². The van der Waals surface area contributed by atoms with Crippen LogP contribution in [0.3, 0.4) is 0 Å². The molecule has 5 nitrogen and oxygen atoms in total. The number of nitrogens with zero attached hydrogens (tertiary/aromatic N) is 4. The van der Waals surface area contributed by atoms with Crippen LogP contribution in [0, 0.1) is 6.92 Å². The van der Waals surface area contributed by atoms with Crippen molar-refractivity contribution in [3.63, 3.8) is 0 Å². The molecule has 0 spiro atoms. The molecule has 0 bridgehead atoms. The average Bonchev–Trinajstić information content (AvgIpc) is 3.16. The van der Waals surface area contributed by atoms with Gasteiger partial charge in [0.25, 0.3) is 0 Å². The highest BCUT2D eigenvalue weighted by Gasteiger charge is 2.13. The van der Waals surface area contributed by atoms with Crippen molar-refractivity contribution in [1.82, 2.24) is 19.3 Å². The van der Waals surface area contributed by atoms with Crippen molar-refractivity contribution in [3.05, 3.63) is 53.7 Å². The summed E-state index contributed by atoms with van der Waals surface area (Å²) < 4.78 is 4.22. The zero-order valence-electron chi connectivity index (χ0n) is 14.3. The van der Waals surface area contributed by atoms with Crippen molar-refractivity contribution in [1.29, 1.82) is 0 Å². The number of hydrogen-bond acceptors (Lipinski definition) is 3. The van der Waals surface area contributed by atoms with Crippen molar-refractivity contribution in [2.75, 3.05) is 5.32 Å². The lowest BCUT2D eigenvalue weighted by atomic mass is 10.1. The van der Waals surface area contributed by atoms with Crippen LogP contribution in [-0.4, -0.2) is 19.3 Å². The number of nitrogens with one attached hydrogen (secondary N) is 1. The molecular formula is C19H23N5. The maximum Gasteiger partial charge on any atom is 0.109 e. The Kier molecular flexibility index (Phi) is 3.84.